The Morgan fingerprint density at radius 1 is 1.26 bits per heavy atom. The average Bonchev–Trinajstić information content (AvgIpc) is 3.24. The normalized spacial score (nSPS) is 21.7. The van der Waals surface area contributed by atoms with Crippen molar-refractivity contribution in [1.29, 1.82) is 0 Å². The zero-order valence-electron chi connectivity index (χ0n) is 13.2. The van der Waals surface area contributed by atoms with Crippen LogP contribution in [0.25, 0.3) is 0 Å². The largest absolute Gasteiger partial charge is 0.347 e. The highest BCUT2D eigenvalue weighted by atomic mass is 35.5. The van der Waals surface area contributed by atoms with Gasteiger partial charge >= 0.3 is 0 Å². The third-order valence-corrected chi connectivity index (χ3v) is 5.33. The van der Waals surface area contributed by atoms with Crippen LogP contribution in [0.3, 0.4) is 0 Å². The average molecular weight is 355 g/mol. The lowest BCUT2D eigenvalue weighted by Gasteiger charge is -2.28. The molecule has 0 radical (unpaired) electrons. The van der Waals surface area contributed by atoms with Crippen LogP contribution in [0, 0.1) is 5.92 Å². The zero-order valence-corrected chi connectivity index (χ0v) is 14.7. The van der Waals surface area contributed by atoms with Gasteiger partial charge in [-0.05, 0) is 44.4 Å². The molecule has 0 bridgehead atoms. The lowest BCUT2D eigenvalue weighted by atomic mass is 9.93. The summed E-state index contributed by atoms with van der Waals surface area (Å²) in [5, 5.41) is 3.99. The number of benzene rings is 1. The van der Waals surface area contributed by atoms with Gasteiger partial charge < -0.3 is 10.2 Å². The smallest absolute Gasteiger partial charge is 0.226 e. The van der Waals surface area contributed by atoms with Gasteiger partial charge in [-0.2, -0.15) is 0 Å². The van der Waals surface area contributed by atoms with Crippen molar-refractivity contribution in [3.63, 3.8) is 0 Å². The molecule has 23 heavy (non-hydrogen) atoms. The van der Waals surface area contributed by atoms with Crippen LogP contribution < -0.4 is 5.32 Å². The van der Waals surface area contributed by atoms with Crippen molar-refractivity contribution in [2.75, 3.05) is 6.54 Å². The van der Waals surface area contributed by atoms with E-state index in [1.165, 1.54) is 0 Å². The summed E-state index contributed by atoms with van der Waals surface area (Å²) in [5.74, 6) is -0.261. The van der Waals surface area contributed by atoms with Gasteiger partial charge in [-0.25, -0.2) is 0 Å². The van der Waals surface area contributed by atoms with Crippen LogP contribution in [0.4, 0.5) is 0 Å². The van der Waals surface area contributed by atoms with Gasteiger partial charge in [0, 0.05) is 19.0 Å². The van der Waals surface area contributed by atoms with Crippen molar-refractivity contribution in [2.24, 2.45) is 5.92 Å². The molecule has 1 aliphatic heterocycles. The van der Waals surface area contributed by atoms with E-state index in [-0.39, 0.29) is 17.7 Å². The predicted molar refractivity (Wildman–Crippen MR) is 90.5 cm³/mol. The number of hydrogen-bond acceptors (Lipinski definition) is 2. The SMILES string of the molecule is CC(C)(NC(=O)C1CC(=O)N(C2CC2)C1)c1ccc(Cl)c(Cl)c1. The molecule has 1 N–H and O–H groups in total. The van der Waals surface area contributed by atoms with Crippen molar-refractivity contribution in [3.05, 3.63) is 33.8 Å². The van der Waals surface area contributed by atoms with Crippen molar-refractivity contribution in [1.82, 2.24) is 10.2 Å². The Morgan fingerprint density at radius 2 is 1.96 bits per heavy atom. The third-order valence-electron chi connectivity index (χ3n) is 4.59. The molecule has 1 aromatic rings. The molecule has 1 heterocycles. The first-order valence-corrected chi connectivity index (χ1v) is 8.60. The van der Waals surface area contributed by atoms with Crippen molar-refractivity contribution in [3.8, 4) is 0 Å². The number of rotatable bonds is 4. The summed E-state index contributed by atoms with van der Waals surface area (Å²) < 4.78 is 0. The van der Waals surface area contributed by atoms with E-state index in [0.29, 0.717) is 29.1 Å². The van der Waals surface area contributed by atoms with E-state index >= 15 is 0 Å². The highest BCUT2D eigenvalue weighted by Crippen LogP contribution is 2.33. The van der Waals surface area contributed by atoms with Gasteiger partial charge in [-0.3, -0.25) is 9.59 Å². The summed E-state index contributed by atoms with van der Waals surface area (Å²) in [6, 6.07) is 5.70. The summed E-state index contributed by atoms with van der Waals surface area (Å²) in [6.07, 6.45) is 2.43. The molecule has 4 nitrogen and oxygen atoms in total. The minimum Gasteiger partial charge on any atom is -0.347 e. The minimum atomic E-state index is -0.582. The second-order valence-electron chi connectivity index (χ2n) is 6.92. The van der Waals surface area contributed by atoms with E-state index in [4.69, 9.17) is 23.2 Å². The van der Waals surface area contributed by atoms with Crippen LogP contribution in [-0.4, -0.2) is 29.3 Å². The highest BCUT2D eigenvalue weighted by Gasteiger charge is 2.42. The number of nitrogens with zero attached hydrogens (tertiary/aromatic N) is 1. The first-order valence-electron chi connectivity index (χ1n) is 7.85. The van der Waals surface area contributed by atoms with E-state index < -0.39 is 5.54 Å². The maximum absolute atomic E-state index is 12.6. The minimum absolute atomic E-state index is 0.0856. The Labute approximate surface area is 146 Å². The van der Waals surface area contributed by atoms with Gasteiger partial charge in [-0.15, -0.1) is 0 Å². The van der Waals surface area contributed by atoms with Gasteiger partial charge in [-0.1, -0.05) is 29.3 Å². The number of halogens is 2. The molecule has 1 aliphatic carbocycles. The molecule has 6 heteroatoms. The van der Waals surface area contributed by atoms with E-state index in [1.807, 2.05) is 24.8 Å². The van der Waals surface area contributed by atoms with Crippen LogP contribution >= 0.6 is 23.2 Å². The molecular weight excluding hydrogens is 335 g/mol. The van der Waals surface area contributed by atoms with Crippen LogP contribution in [-0.2, 0) is 15.1 Å². The number of nitrogens with one attached hydrogen (secondary N) is 1. The molecule has 2 aliphatic rings. The molecule has 0 spiro atoms. The molecule has 1 saturated heterocycles. The van der Waals surface area contributed by atoms with E-state index in [2.05, 4.69) is 5.32 Å². The van der Waals surface area contributed by atoms with Crippen molar-refractivity contribution < 1.29 is 9.59 Å². The number of carbonyl (C=O) groups excluding carboxylic acids is 2. The van der Waals surface area contributed by atoms with E-state index in [0.717, 1.165) is 18.4 Å². The standard InChI is InChI=1S/C17H20Cl2N2O2/c1-17(2,11-3-6-13(18)14(19)8-11)20-16(23)10-7-15(22)21(9-10)12-4-5-12/h3,6,8,10,12H,4-5,7,9H2,1-2H3,(H,20,23). The molecule has 0 aromatic heterocycles. The second-order valence-corrected chi connectivity index (χ2v) is 7.74. The fourth-order valence-corrected chi connectivity index (χ4v) is 3.31. The van der Waals surface area contributed by atoms with Crippen LogP contribution in [0.15, 0.2) is 18.2 Å². The predicted octanol–water partition coefficient (Wildman–Crippen LogP) is 3.36. The van der Waals surface area contributed by atoms with Gasteiger partial charge in [0.05, 0.1) is 21.5 Å². The topological polar surface area (TPSA) is 49.4 Å². The van der Waals surface area contributed by atoms with E-state index in [1.54, 1.807) is 12.1 Å². The van der Waals surface area contributed by atoms with Crippen LogP contribution in [0.5, 0.6) is 0 Å². The molecule has 2 fully saturated rings. The molecule has 3 rings (SSSR count). The molecule has 2 amide bonds. The monoisotopic (exact) mass is 354 g/mol. The Morgan fingerprint density at radius 3 is 2.57 bits per heavy atom. The molecule has 1 aromatic carbocycles. The molecule has 124 valence electrons. The van der Waals surface area contributed by atoms with Gasteiger partial charge in [0.25, 0.3) is 0 Å². The number of hydrogen-bond donors (Lipinski definition) is 1. The third kappa shape index (κ3) is 3.48. The fourth-order valence-electron chi connectivity index (χ4n) is 3.01. The van der Waals surface area contributed by atoms with Gasteiger partial charge in [0.1, 0.15) is 0 Å². The maximum atomic E-state index is 12.6. The summed E-state index contributed by atoms with van der Waals surface area (Å²) in [5.41, 5.74) is 0.296. The zero-order chi connectivity index (χ0) is 16.8. The van der Waals surface area contributed by atoms with E-state index in [9.17, 15) is 9.59 Å². The summed E-state index contributed by atoms with van der Waals surface area (Å²) in [7, 11) is 0. The Hall–Kier alpha value is -1.26. The van der Waals surface area contributed by atoms with Crippen molar-refractivity contribution in [2.45, 2.75) is 44.7 Å². The summed E-state index contributed by atoms with van der Waals surface area (Å²) in [6.45, 7) is 4.37. The molecule has 1 saturated carbocycles. The quantitative estimate of drug-likeness (QED) is 0.901. The summed E-state index contributed by atoms with van der Waals surface area (Å²) in [4.78, 5) is 26.4. The van der Waals surface area contributed by atoms with Crippen LogP contribution in [0.1, 0.15) is 38.7 Å². The number of amides is 2. The Bertz CT molecular complexity index is 656. The first kappa shape index (κ1) is 16.6. The highest BCUT2D eigenvalue weighted by molar-refractivity contribution is 6.42. The van der Waals surface area contributed by atoms with Gasteiger partial charge in [0.2, 0.25) is 11.8 Å². The molecule has 1 atom stereocenters. The lowest BCUT2D eigenvalue weighted by molar-refractivity contribution is -0.129. The lowest BCUT2D eigenvalue weighted by Crippen LogP contribution is -2.44. The molecule has 1 unspecified atom stereocenters. The fraction of sp³-hybridized carbons (Fsp3) is 0.529. The number of carbonyl (C=O) groups is 2. The second kappa shape index (κ2) is 5.99. The summed E-state index contributed by atoms with van der Waals surface area (Å²) >= 11 is 12.0. The molecular formula is C17H20Cl2N2O2. The Balaban J connectivity index is 1.68. The first-order chi connectivity index (χ1) is 10.8. The van der Waals surface area contributed by atoms with Crippen LogP contribution in [0.2, 0.25) is 10.0 Å². The van der Waals surface area contributed by atoms with Gasteiger partial charge in [0.15, 0.2) is 0 Å². The maximum Gasteiger partial charge on any atom is 0.226 e. The van der Waals surface area contributed by atoms with Crippen molar-refractivity contribution >= 4 is 35.0 Å². The Kier molecular flexibility index (Phi) is 4.32. The number of likely N-dealkylation sites (tertiary alicyclic amines) is 1.